The lowest BCUT2D eigenvalue weighted by molar-refractivity contribution is -0.140. The Hall–Kier alpha value is -0.240. The second-order valence-electron chi connectivity index (χ2n) is 4.79. The van der Waals surface area contributed by atoms with Crippen LogP contribution < -0.4 is 0 Å². The minimum absolute atomic E-state index is 0.328. The first-order chi connectivity index (χ1) is 7.33. The zero-order valence-corrected chi connectivity index (χ0v) is 10.0. The largest absolute Gasteiger partial charge is 0.338 e. The standard InChI is InChI=1S/C12H20ClNO/c13-8-9-14(11-6-1-2-7-11)12(15)10-4-3-5-10/h10-11H,1-9H2. The van der Waals surface area contributed by atoms with Gasteiger partial charge in [-0.2, -0.15) is 0 Å². The van der Waals surface area contributed by atoms with Gasteiger partial charge in [0.2, 0.25) is 5.91 Å². The van der Waals surface area contributed by atoms with Gasteiger partial charge in [0.25, 0.3) is 0 Å². The molecule has 0 aromatic heterocycles. The van der Waals surface area contributed by atoms with Crippen LogP contribution in [0.4, 0.5) is 0 Å². The van der Waals surface area contributed by atoms with Crippen LogP contribution >= 0.6 is 11.6 Å². The summed E-state index contributed by atoms with van der Waals surface area (Å²) in [7, 11) is 0. The molecule has 1 amide bonds. The predicted octanol–water partition coefficient (Wildman–Crippen LogP) is 2.80. The van der Waals surface area contributed by atoms with Gasteiger partial charge >= 0.3 is 0 Å². The summed E-state index contributed by atoms with van der Waals surface area (Å²) in [5, 5.41) is 0. The molecular weight excluding hydrogens is 210 g/mol. The number of carbonyl (C=O) groups excluding carboxylic acids is 1. The van der Waals surface area contributed by atoms with E-state index in [9.17, 15) is 4.79 Å². The Bertz CT molecular complexity index is 222. The minimum Gasteiger partial charge on any atom is -0.338 e. The predicted molar refractivity (Wildman–Crippen MR) is 62.0 cm³/mol. The molecule has 0 aromatic rings. The average molecular weight is 230 g/mol. The van der Waals surface area contributed by atoms with Crippen molar-refractivity contribution in [2.24, 2.45) is 5.92 Å². The molecule has 0 saturated heterocycles. The number of hydrogen-bond donors (Lipinski definition) is 0. The van der Waals surface area contributed by atoms with Gasteiger partial charge in [-0.1, -0.05) is 19.3 Å². The van der Waals surface area contributed by atoms with Gasteiger partial charge in [0.15, 0.2) is 0 Å². The van der Waals surface area contributed by atoms with Crippen LogP contribution in [-0.2, 0) is 4.79 Å². The summed E-state index contributed by atoms with van der Waals surface area (Å²) in [6.07, 6.45) is 8.37. The maximum absolute atomic E-state index is 12.2. The molecule has 0 atom stereocenters. The monoisotopic (exact) mass is 229 g/mol. The van der Waals surface area contributed by atoms with Crippen LogP contribution in [0.5, 0.6) is 0 Å². The van der Waals surface area contributed by atoms with Gasteiger partial charge in [0, 0.05) is 24.4 Å². The molecule has 15 heavy (non-hydrogen) atoms. The Labute approximate surface area is 97.0 Å². The highest BCUT2D eigenvalue weighted by molar-refractivity contribution is 6.18. The number of rotatable bonds is 4. The topological polar surface area (TPSA) is 20.3 Å². The van der Waals surface area contributed by atoms with Crippen molar-refractivity contribution in [1.82, 2.24) is 4.90 Å². The number of amides is 1. The molecule has 2 fully saturated rings. The quantitative estimate of drug-likeness (QED) is 0.679. The van der Waals surface area contributed by atoms with Gasteiger partial charge in [-0.05, 0) is 25.7 Å². The van der Waals surface area contributed by atoms with E-state index >= 15 is 0 Å². The molecule has 0 radical (unpaired) electrons. The van der Waals surface area contributed by atoms with E-state index in [1.807, 2.05) is 0 Å². The number of carbonyl (C=O) groups is 1. The SMILES string of the molecule is O=C(C1CCC1)N(CCCl)C1CCCC1. The number of halogens is 1. The Morgan fingerprint density at radius 1 is 1.13 bits per heavy atom. The lowest BCUT2D eigenvalue weighted by atomic mass is 9.84. The molecule has 0 aliphatic heterocycles. The average Bonchev–Trinajstić information content (AvgIpc) is 2.63. The first-order valence-electron chi connectivity index (χ1n) is 6.19. The van der Waals surface area contributed by atoms with E-state index in [0.717, 1.165) is 19.4 Å². The molecule has 86 valence electrons. The summed E-state index contributed by atoms with van der Waals surface area (Å²) < 4.78 is 0. The van der Waals surface area contributed by atoms with Crippen LogP contribution in [0.15, 0.2) is 0 Å². The molecule has 0 unspecified atom stereocenters. The van der Waals surface area contributed by atoms with Gasteiger partial charge in [-0.3, -0.25) is 4.79 Å². The van der Waals surface area contributed by atoms with Gasteiger partial charge in [0.05, 0.1) is 0 Å². The third-order valence-electron chi connectivity index (χ3n) is 3.83. The highest BCUT2D eigenvalue weighted by atomic mass is 35.5. The smallest absolute Gasteiger partial charge is 0.225 e. The van der Waals surface area contributed by atoms with Crippen LogP contribution in [-0.4, -0.2) is 29.3 Å². The molecule has 0 N–H and O–H groups in total. The first-order valence-corrected chi connectivity index (χ1v) is 6.73. The van der Waals surface area contributed by atoms with E-state index in [0.29, 0.717) is 23.7 Å². The highest BCUT2D eigenvalue weighted by Gasteiger charge is 2.33. The van der Waals surface area contributed by atoms with Crippen molar-refractivity contribution in [3.63, 3.8) is 0 Å². The Morgan fingerprint density at radius 3 is 2.27 bits per heavy atom. The van der Waals surface area contributed by atoms with E-state index in [4.69, 9.17) is 11.6 Å². The molecule has 2 nitrogen and oxygen atoms in total. The Kier molecular flexibility index (Phi) is 3.90. The van der Waals surface area contributed by atoms with Crippen molar-refractivity contribution in [1.29, 1.82) is 0 Å². The maximum Gasteiger partial charge on any atom is 0.225 e. The van der Waals surface area contributed by atoms with Crippen molar-refractivity contribution in [2.45, 2.75) is 51.0 Å². The maximum atomic E-state index is 12.2. The van der Waals surface area contributed by atoms with Gasteiger partial charge in [-0.25, -0.2) is 0 Å². The molecule has 2 saturated carbocycles. The van der Waals surface area contributed by atoms with E-state index in [2.05, 4.69) is 4.90 Å². The van der Waals surface area contributed by atoms with E-state index in [1.54, 1.807) is 0 Å². The molecule has 0 bridgehead atoms. The Morgan fingerprint density at radius 2 is 1.80 bits per heavy atom. The fourth-order valence-corrected chi connectivity index (χ4v) is 2.85. The van der Waals surface area contributed by atoms with E-state index in [1.165, 1.54) is 32.1 Å². The minimum atomic E-state index is 0.328. The van der Waals surface area contributed by atoms with Crippen LogP contribution in [0.2, 0.25) is 0 Å². The zero-order valence-electron chi connectivity index (χ0n) is 9.25. The van der Waals surface area contributed by atoms with Gasteiger partial charge in [-0.15, -0.1) is 11.6 Å². The molecule has 3 heteroatoms. The summed E-state index contributed by atoms with van der Waals surface area (Å²) in [6, 6.07) is 0.497. The normalized spacial score (nSPS) is 22.7. The summed E-state index contributed by atoms with van der Waals surface area (Å²) in [5.74, 6) is 1.29. The van der Waals surface area contributed by atoms with E-state index in [-0.39, 0.29) is 0 Å². The molecule has 2 aliphatic rings. The molecule has 0 aromatic carbocycles. The summed E-state index contributed by atoms with van der Waals surface area (Å²) in [5.41, 5.74) is 0. The van der Waals surface area contributed by atoms with Crippen LogP contribution in [0.1, 0.15) is 44.9 Å². The molecule has 0 heterocycles. The fraction of sp³-hybridized carbons (Fsp3) is 0.917. The zero-order chi connectivity index (χ0) is 10.7. The molecule has 2 rings (SSSR count). The first kappa shape index (κ1) is 11.3. The van der Waals surface area contributed by atoms with Crippen LogP contribution in [0, 0.1) is 5.92 Å². The third-order valence-corrected chi connectivity index (χ3v) is 4.00. The lowest BCUT2D eigenvalue weighted by Crippen LogP contribution is -2.45. The number of hydrogen-bond acceptors (Lipinski definition) is 1. The van der Waals surface area contributed by atoms with E-state index < -0.39 is 0 Å². The van der Waals surface area contributed by atoms with Crippen LogP contribution in [0.3, 0.4) is 0 Å². The van der Waals surface area contributed by atoms with Crippen molar-refractivity contribution >= 4 is 17.5 Å². The van der Waals surface area contributed by atoms with Crippen molar-refractivity contribution in [2.75, 3.05) is 12.4 Å². The number of nitrogens with zero attached hydrogens (tertiary/aromatic N) is 1. The number of alkyl halides is 1. The van der Waals surface area contributed by atoms with Gasteiger partial charge in [0.1, 0.15) is 0 Å². The Balaban J connectivity index is 1.94. The van der Waals surface area contributed by atoms with Crippen molar-refractivity contribution in [3.05, 3.63) is 0 Å². The van der Waals surface area contributed by atoms with Crippen molar-refractivity contribution in [3.8, 4) is 0 Å². The van der Waals surface area contributed by atoms with Crippen LogP contribution in [0.25, 0.3) is 0 Å². The second kappa shape index (κ2) is 5.20. The third kappa shape index (κ3) is 2.47. The fourth-order valence-electron chi connectivity index (χ4n) is 2.67. The summed E-state index contributed by atoms with van der Waals surface area (Å²) >= 11 is 5.79. The van der Waals surface area contributed by atoms with Gasteiger partial charge < -0.3 is 4.90 Å². The highest BCUT2D eigenvalue weighted by Crippen LogP contribution is 2.31. The lowest BCUT2D eigenvalue weighted by Gasteiger charge is -2.35. The molecule has 0 spiro atoms. The summed E-state index contributed by atoms with van der Waals surface area (Å²) in [6.45, 7) is 0.752. The molecular formula is C12H20ClNO. The molecule has 2 aliphatic carbocycles. The summed E-state index contributed by atoms with van der Waals surface area (Å²) in [4.78, 5) is 14.2. The van der Waals surface area contributed by atoms with Crippen molar-refractivity contribution < 1.29 is 4.79 Å². The second-order valence-corrected chi connectivity index (χ2v) is 5.16.